The number of rotatable bonds is 20. The summed E-state index contributed by atoms with van der Waals surface area (Å²) >= 11 is 0. The number of carboxylic acids is 1. The molecule has 5 heteroatoms. The third-order valence-corrected chi connectivity index (χ3v) is 5.31. The first kappa shape index (κ1) is 27.6. The Balaban J connectivity index is 3.78. The van der Waals surface area contributed by atoms with Gasteiger partial charge in [-0.05, 0) is 25.2 Å². The van der Waals surface area contributed by atoms with E-state index in [-0.39, 0.29) is 24.7 Å². The van der Waals surface area contributed by atoms with E-state index in [1.54, 1.807) is 0 Å². The average Bonchev–Trinajstić information content (AvgIpc) is 2.66. The van der Waals surface area contributed by atoms with Crippen LogP contribution < -0.4 is 5.32 Å². The van der Waals surface area contributed by atoms with Gasteiger partial charge in [0.25, 0.3) is 5.91 Å². The van der Waals surface area contributed by atoms with Crippen LogP contribution in [-0.2, 0) is 14.4 Å². The third kappa shape index (κ3) is 18.4. The number of carbonyl (C=O) groups excluding carboxylic acids is 2. The Hall–Kier alpha value is -1.39. The lowest BCUT2D eigenvalue weighted by Gasteiger charge is -2.19. The molecule has 5 nitrogen and oxygen atoms in total. The van der Waals surface area contributed by atoms with E-state index < -0.39 is 11.9 Å². The summed E-state index contributed by atoms with van der Waals surface area (Å²) in [5.74, 6) is -1.47. The van der Waals surface area contributed by atoms with Crippen molar-refractivity contribution in [1.82, 2.24) is 5.32 Å². The lowest BCUT2D eigenvalue weighted by atomic mass is 9.99. The molecule has 0 fully saturated rings. The lowest BCUT2D eigenvalue weighted by Crippen LogP contribution is -2.40. The van der Waals surface area contributed by atoms with E-state index in [0.29, 0.717) is 18.8 Å². The lowest BCUT2D eigenvalue weighted by molar-refractivity contribution is -0.139. The molecule has 0 aliphatic heterocycles. The van der Waals surface area contributed by atoms with Crippen molar-refractivity contribution < 1.29 is 19.5 Å². The SMILES string of the molecule is CCCCCCCCCCCCCCC(=O)C(=O)NC(CCC(=O)O)CC(C)C. The fraction of sp³-hybridized carbons (Fsp3) is 0.875. The molecule has 0 saturated heterocycles. The molecule has 1 amide bonds. The Bertz CT molecular complexity index is 448. The van der Waals surface area contributed by atoms with Gasteiger partial charge in [0, 0.05) is 18.9 Å². The smallest absolute Gasteiger partial charge is 0.303 e. The van der Waals surface area contributed by atoms with Crippen LogP contribution in [-0.4, -0.2) is 28.8 Å². The highest BCUT2D eigenvalue weighted by molar-refractivity contribution is 6.36. The van der Waals surface area contributed by atoms with Crippen molar-refractivity contribution in [2.75, 3.05) is 0 Å². The first-order valence-electron chi connectivity index (χ1n) is 11.9. The molecule has 29 heavy (non-hydrogen) atoms. The average molecular weight is 412 g/mol. The van der Waals surface area contributed by atoms with Gasteiger partial charge in [-0.15, -0.1) is 0 Å². The molecule has 0 heterocycles. The molecule has 0 radical (unpaired) electrons. The zero-order chi connectivity index (χ0) is 21.9. The Morgan fingerprint density at radius 2 is 1.24 bits per heavy atom. The summed E-state index contributed by atoms with van der Waals surface area (Å²) in [5, 5.41) is 11.6. The minimum absolute atomic E-state index is 0.00456. The Morgan fingerprint density at radius 3 is 1.69 bits per heavy atom. The number of amides is 1. The number of hydrogen-bond acceptors (Lipinski definition) is 3. The van der Waals surface area contributed by atoms with Gasteiger partial charge in [-0.2, -0.15) is 0 Å². The normalized spacial score (nSPS) is 12.1. The number of carbonyl (C=O) groups is 3. The predicted octanol–water partition coefficient (Wildman–Crippen LogP) is 6.04. The topological polar surface area (TPSA) is 83.5 Å². The molecule has 0 aliphatic rings. The summed E-state index contributed by atoms with van der Waals surface area (Å²) in [6.07, 6.45) is 16.1. The van der Waals surface area contributed by atoms with Crippen molar-refractivity contribution in [3.63, 3.8) is 0 Å². The van der Waals surface area contributed by atoms with Crippen LogP contribution in [0.2, 0.25) is 0 Å². The second-order valence-electron chi connectivity index (χ2n) is 8.79. The zero-order valence-electron chi connectivity index (χ0n) is 19.1. The molecular weight excluding hydrogens is 366 g/mol. The van der Waals surface area contributed by atoms with E-state index >= 15 is 0 Å². The van der Waals surface area contributed by atoms with Gasteiger partial charge in [-0.3, -0.25) is 14.4 Å². The minimum atomic E-state index is -0.879. The van der Waals surface area contributed by atoms with Crippen molar-refractivity contribution in [3.05, 3.63) is 0 Å². The van der Waals surface area contributed by atoms with E-state index in [1.807, 2.05) is 13.8 Å². The van der Waals surface area contributed by atoms with Crippen LogP contribution >= 0.6 is 0 Å². The summed E-state index contributed by atoms with van der Waals surface area (Å²) in [6, 6.07) is -0.246. The highest BCUT2D eigenvalue weighted by atomic mass is 16.4. The molecule has 2 N–H and O–H groups in total. The third-order valence-electron chi connectivity index (χ3n) is 5.31. The molecule has 0 aromatic heterocycles. The van der Waals surface area contributed by atoms with Crippen LogP contribution in [0, 0.1) is 5.92 Å². The summed E-state index contributed by atoms with van der Waals surface area (Å²) in [4.78, 5) is 34.9. The number of carboxylic acid groups (broad SMARTS) is 1. The van der Waals surface area contributed by atoms with Crippen molar-refractivity contribution in [1.29, 1.82) is 0 Å². The summed E-state index contributed by atoms with van der Waals surface area (Å²) < 4.78 is 0. The fourth-order valence-corrected chi connectivity index (χ4v) is 3.62. The Morgan fingerprint density at radius 1 is 0.759 bits per heavy atom. The van der Waals surface area contributed by atoms with Crippen LogP contribution in [0.3, 0.4) is 0 Å². The van der Waals surface area contributed by atoms with Gasteiger partial charge < -0.3 is 10.4 Å². The number of nitrogens with one attached hydrogen (secondary N) is 1. The summed E-state index contributed by atoms with van der Waals surface area (Å²) in [5.41, 5.74) is 0. The molecule has 1 atom stereocenters. The molecule has 0 aromatic carbocycles. The first-order chi connectivity index (χ1) is 13.9. The maximum atomic E-state index is 12.1. The maximum Gasteiger partial charge on any atom is 0.303 e. The molecular formula is C24H45NO4. The van der Waals surface area contributed by atoms with Gasteiger partial charge in [0.2, 0.25) is 5.78 Å². The number of hydrogen-bond donors (Lipinski definition) is 2. The predicted molar refractivity (Wildman–Crippen MR) is 119 cm³/mol. The van der Waals surface area contributed by atoms with Crippen molar-refractivity contribution in [3.8, 4) is 0 Å². The molecule has 0 rings (SSSR count). The van der Waals surface area contributed by atoms with Gasteiger partial charge in [0.05, 0.1) is 0 Å². The minimum Gasteiger partial charge on any atom is -0.481 e. The molecule has 170 valence electrons. The van der Waals surface area contributed by atoms with E-state index in [0.717, 1.165) is 19.3 Å². The first-order valence-corrected chi connectivity index (χ1v) is 11.9. The van der Waals surface area contributed by atoms with E-state index in [9.17, 15) is 14.4 Å². The molecule has 0 saturated carbocycles. The molecule has 1 unspecified atom stereocenters. The largest absolute Gasteiger partial charge is 0.481 e. The maximum absolute atomic E-state index is 12.1. The van der Waals surface area contributed by atoms with E-state index in [4.69, 9.17) is 5.11 Å². The van der Waals surface area contributed by atoms with Crippen LogP contribution in [0.15, 0.2) is 0 Å². The van der Waals surface area contributed by atoms with Crippen molar-refractivity contribution in [2.24, 2.45) is 5.92 Å². The summed E-state index contributed by atoms with van der Waals surface area (Å²) in [6.45, 7) is 6.29. The van der Waals surface area contributed by atoms with Gasteiger partial charge in [-0.1, -0.05) is 91.4 Å². The molecule has 0 aromatic rings. The Kier molecular flexibility index (Phi) is 17.7. The zero-order valence-corrected chi connectivity index (χ0v) is 19.1. The van der Waals surface area contributed by atoms with Crippen molar-refractivity contribution >= 4 is 17.7 Å². The molecule has 0 bridgehead atoms. The second kappa shape index (κ2) is 18.6. The van der Waals surface area contributed by atoms with Crippen LogP contribution in [0.1, 0.15) is 124 Å². The van der Waals surface area contributed by atoms with Gasteiger partial charge in [0.15, 0.2) is 0 Å². The molecule has 0 spiro atoms. The van der Waals surface area contributed by atoms with Gasteiger partial charge >= 0.3 is 5.97 Å². The number of ketones is 1. The Labute approximate surface area is 178 Å². The van der Waals surface area contributed by atoms with Gasteiger partial charge in [0.1, 0.15) is 0 Å². The second-order valence-corrected chi connectivity index (χ2v) is 8.79. The monoisotopic (exact) mass is 411 g/mol. The quantitative estimate of drug-likeness (QED) is 0.189. The van der Waals surface area contributed by atoms with Crippen LogP contribution in [0.5, 0.6) is 0 Å². The molecule has 0 aliphatic carbocycles. The number of Topliss-reactive ketones (excluding diaryl/α,β-unsaturated/α-hetero) is 1. The van der Waals surface area contributed by atoms with Gasteiger partial charge in [-0.25, -0.2) is 0 Å². The number of unbranched alkanes of at least 4 members (excludes halogenated alkanes) is 11. The van der Waals surface area contributed by atoms with Crippen LogP contribution in [0.4, 0.5) is 0 Å². The van der Waals surface area contributed by atoms with E-state index in [1.165, 1.54) is 57.8 Å². The highest BCUT2D eigenvalue weighted by Crippen LogP contribution is 2.13. The highest BCUT2D eigenvalue weighted by Gasteiger charge is 2.19. The summed E-state index contributed by atoms with van der Waals surface area (Å²) in [7, 11) is 0. The standard InChI is InChI=1S/C24H45NO4/c1-4-5-6-7-8-9-10-11-12-13-14-15-16-22(26)24(29)25-21(19-20(2)3)17-18-23(27)28/h20-21H,4-19H2,1-3H3,(H,25,29)(H,27,28). The van der Waals surface area contributed by atoms with E-state index in [2.05, 4.69) is 12.2 Å². The van der Waals surface area contributed by atoms with Crippen molar-refractivity contribution in [2.45, 2.75) is 130 Å². The number of aliphatic carboxylic acids is 1. The fourth-order valence-electron chi connectivity index (χ4n) is 3.62. The van der Waals surface area contributed by atoms with Crippen LogP contribution in [0.25, 0.3) is 0 Å².